The van der Waals surface area contributed by atoms with E-state index in [1.165, 1.54) is 17.8 Å². The van der Waals surface area contributed by atoms with Crippen LogP contribution in [0.4, 0.5) is 11.6 Å². The van der Waals surface area contributed by atoms with Crippen molar-refractivity contribution in [2.24, 2.45) is 7.05 Å². The summed E-state index contributed by atoms with van der Waals surface area (Å²) in [5, 5.41) is 5.44. The fourth-order valence-corrected chi connectivity index (χ4v) is 2.74. The quantitative estimate of drug-likeness (QED) is 0.657. The zero-order valence-electron chi connectivity index (χ0n) is 10.0. The predicted octanol–water partition coefficient (Wildman–Crippen LogP) is 1.63. The van der Waals surface area contributed by atoms with Crippen molar-refractivity contribution in [3.05, 3.63) is 22.5 Å². The average Bonchev–Trinajstić information content (AvgIpc) is 2.50. The molecule has 96 valence electrons. The maximum atomic E-state index is 6.16. The van der Waals surface area contributed by atoms with E-state index in [4.69, 9.17) is 23.1 Å². The van der Waals surface area contributed by atoms with Crippen molar-refractivity contribution in [1.29, 1.82) is 0 Å². The van der Waals surface area contributed by atoms with Gasteiger partial charge in [0.1, 0.15) is 11.6 Å². The van der Waals surface area contributed by atoms with Crippen molar-refractivity contribution in [1.82, 2.24) is 19.7 Å². The lowest BCUT2D eigenvalue weighted by Gasteiger charge is -2.03. The van der Waals surface area contributed by atoms with Crippen LogP contribution in [0.25, 0.3) is 0 Å². The van der Waals surface area contributed by atoms with Gasteiger partial charge in [-0.3, -0.25) is 4.68 Å². The predicted molar refractivity (Wildman–Crippen MR) is 73.4 cm³/mol. The fourth-order valence-electron chi connectivity index (χ4n) is 1.50. The number of hydrogen-bond donors (Lipinski definition) is 2. The molecular weight excluding hydrogens is 272 g/mol. The molecule has 18 heavy (non-hydrogen) atoms. The molecule has 0 saturated carbocycles. The first-order valence-corrected chi connectivity index (χ1v) is 6.54. The second-order valence-electron chi connectivity index (χ2n) is 3.76. The summed E-state index contributed by atoms with van der Waals surface area (Å²) in [7, 11) is 1.85. The molecule has 2 aromatic heterocycles. The van der Waals surface area contributed by atoms with Crippen molar-refractivity contribution < 1.29 is 0 Å². The lowest BCUT2D eigenvalue weighted by atomic mass is 10.4. The summed E-state index contributed by atoms with van der Waals surface area (Å²) < 4.78 is 1.75. The molecule has 2 heterocycles. The summed E-state index contributed by atoms with van der Waals surface area (Å²) >= 11 is 7.57. The van der Waals surface area contributed by atoms with Crippen molar-refractivity contribution in [2.45, 2.75) is 17.8 Å². The molecule has 0 aliphatic heterocycles. The van der Waals surface area contributed by atoms with E-state index in [0.29, 0.717) is 27.6 Å². The number of anilines is 2. The Morgan fingerprint density at radius 3 is 2.44 bits per heavy atom. The Bertz CT molecular complexity index is 562. The summed E-state index contributed by atoms with van der Waals surface area (Å²) in [6.07, 6.45) is 0. The standard InChI is InChI=1S/C10H13ClN6S/c1-5-9(11)6(17(2)16-5)4-18-10-14-7(12)3-8(13)15-10/h3H,4H2,1-2H3,(H4,12,13,14,15). The van der Waals surface area contributed by atoms with Gasteiger partial charge in [0.25, 0.3) is 0 Å². The first kappa shape index (κ1) is 13.0. The van der Waals surface area contributed by atoms with Crippen LogP contribution in [-0.4, -0.2) is 19.7 Å². The number of rotatable bonds is 3. The number of thioether (sulfide) groups is 1. The van der Waals surface area contributed by atoms with Gasteiger partial charge in [-0.1, -0.05) is 23.4 Å². The monoisotopic (exact) mass is 284 g/mol. The zero-order valence-corrected chi connectivity index (χ0v) is 11.6. The summed E-state index contributed by atoms with van der Waals surface area (Å²) in [5.41, 5.74) is 12.9. The maximum Gasteiger partial charge on any atom is 0.191 e. The van der Waals surface area contributed by atoms with Crippen LogP contribution in [0.1, 0.15) is 11.4 Å². The molecule has 6 nitrogen and oxygen atoms in total. The van der Waals surface area contributed by atoms with Crippen molar-refractivity contribution in [3.63, 3.8) is 0 Å². The van der Waals surface area contributed by atoms with E-state index in [1.807, 2.05) is 14.0 Å². The van der Waals surface area contributed by atoms with Gasteiger partial charge >= 0.3 is 0 Å². The normalized spacial score (nSPS) is 10.8. The van der Waals surface area contributed by atoms with Crippen molar-refractivity contribution >= 4 is 35.0 Å². The van der Waals surface area contributed by atoms with Gasteiger partial charge in [0.05, 0.1) is 16.4 Å². The molecule has 4 N–H and O–H groups in total. The number of halogens is 1. The smallest absolute Gasteiger partial charge is 0.191 e. The number of aromatic nitrogens is 4. The molecule has 0 unspecified atom stereocenters. The Kier molecular flexibility index (Phi) is 3.63. The summed E-state index contributed by atoms with van der Waals surface area (Å²) in [4.78, 5) is 8.18. The van der Waals surface area contributed by atoms with E-state index < -0.39 is 0 Å². The molecular formula is C10H13ClN6S. The Labute approximate surface area is 114 Å². The minimum atomic E-state index is 0.359. The molecule has 0 aromatic carbocycles. The molecule has 0 amide bonds. The van der Waals surface area contributed by atoms with E-state index in [-0.39, 0.29) is 0 Å². The average molecular weight is 285 g/mol. The second-order valence-corrected chi connectivity index (χ2v) is 5.08. The lowest BCUT2D eigenvalue weighted by Crippen LogP contribution is -2.01. The van der Waals surface area contributed by atoms with Crippen LogP contribution in [0.3, 0.4) is 0 Å². The van der Waals surface area contributed by atoms with Gasteiger partial charge in [-0.05, 0) is 6.92 Å². The third-order valence-corrected chi connectivity index (χ3v) is 3.70. The molecule has 8 heteroatoms. The highest BCUT2D eigenvalue weighted by molar-refractivity contribution is 7.98. The van der Waals surface area contributed by atoms with Crippen LogP contribution < -0.4 is 11.5 Å². The first-order valence-electron chi connectivity index (χ1n) is 5.18. The highest BCUT2D eigenvalue weighted by Crippen LogP contribution is 2.27. The second kappa shape index (κ2) is 5.03. The SMILES string of the molecule is Cc1nn(C)c(CSc2nc(N)cc(N)n2)c1Cl. The third kappa shape index (κ3) is 2.68. The van der Waals surface area contributed by atoms with Gasteiger partial charge in [0.2, 0.25) is 0 Å². The molecule has 0 aliphatic rings. The van der Waals surface area contributed by atoms with Crippen molar-refractivity contribution in [3.8, 4) is 0 Å². The molecule has 0 radical (unpaired) electrons. The van der Waals surface area contributed by atoms with Gasteiger partial charge in [-0.25, -0.2) is 9.97 Å². The molecule has 0 saturated heterocycles. The fraction of sp³-hybridized carbons (Fsp3) is 0.300. The topological polar surface area (TPSA) is 95.6 Å². The molecule has 0 spiro atoms. The van der Waals surface area contributed by atoms with E-state index in [1.54, 1.807) is 4.68 Å². The van der Waals surface area contributed by atoms with E-state index >= 15 is 0 Å². The van der Waals surface area contributed by atoms with Crippen LogP contribution in [0, 0.1) is 6.92 Å². The number of aryl methyl sites for hydroxylation is 2. The summed E-state index contributed by atoms with van der Waals surface area (Å²) in [5.74, 6) is 1.33. The van der Waals surface area contributed by atoms with E-state index in [9.17, 15) is 0 Å². The molecule has 2 rings (SSSR count). The summed E-state index contributed by atoms with van der Waals surface area (Å²) in [6.45, 7) is 1.87. The number of nitrogen functional groups attached to an aromatic ring is 2. The Hall–Kier alpha value is -1.47. The molecule has 0 fully saturated rings. The molecule has 0 bridgehead atoms. The maximum absolute atomic E-state index is 6.16. The van der Waals surface area contributed by atoms with Crippen LogP contribution >= 0.6 is 23.4 Å². The van der Waals surface area contributed by atoms with Crippen LogP contribution in [0.15, 0.2) is 11.2 Å². The van der Waals surface area contributed by atoms with Crippen molar-refractivity contribution in [2.75, 3.05) is 11.5 Å². The lowest BCUT2D eigenvalue weighted by molar-refractivity contribution is 0.727. The Balaban J connectivity index is 2.16. The van der Waals surface area contributed by atoms with E-state index in [0.717, 1.165) is 11.4 Å². The Morgan fingerprint density at radius 1 is 1.33 bits per heavy atom. The van der Waals surface area contributed by atoms with Gasteiger partial charge in [-0.2, -0.15) is 5.10 Å². The third-order valence-electron chi connectivity index (χ3n) is 2.34. The van der Waals surface area contributed by atoms with Crippen LogP contribution in [-0.2, 0) is 12.8 Å². The van der Waals surface area contributed by atoms with Gasteiger partial charge in [0, 0.05) is 18.9 Å². The van der Waals surface area contributed by atoms with Gasteiger partial charge in [-0.15, -0.1) is 0 Å². The molecule has 2 aromatic rings. The van der Waals surface area contributed by atoms with Gasteiger partial charge < -0.3 is 11.5 Å². The van der Waals surface area contributed by atoms with Crippen LogP contribution in [0.2, 0.25) is 5.02 Å². The van der Waals surface area contributed by atoms with E-state index in [2.05, 4.69) is 15.1 Å². The molecule has 0 atom stereocenters. The zero-order chi connectivity index (χ0) is 13.3. The number of hydrogen-bond acceptors (Lipinski definition) is 6. The summed E-state index contributed by atoms with van der Waals surface area (Å²) in [6, 6.07) is 1.52. The first-order chi connectivity index (χ1) is 8.47. The minimum absolute atomic E-state index is 0.359. The largest absolute Gasteiger partial charge is 0.383 e. The minimum Gasteiger partial charge on any atom is -0.383 e. The highest BCUT2D eigenvalue weighted by atomic mass is 35.5. The number of nitrogens with two attached hydrogens (primary N) is 2. The van der Waals surface area contributed by atoms with Gasteiger partial charge in [0.15, 0.2) is 5.16 Å². The Morgan fingerprint density at radius 2 is 1.94 bits per heavy atom. The van der Waals surface area contributed by atoms with Crippen LogP contribution in [0.5, 0.6) is 0 Å². The molecule has 0 aliphatic carbocycles. The highest BCUT2D eigenvalue weighted by Gasteiger charge is 2.12. The number of nitrogens with zero attached hydrogens (tertiary/aromatic N) is 4.